The van der Waals surface area contributed by atoms with Gasteiger partial charge in [0, 0.05) is 20.9 Å². The highest BCUT2D eigenvalue weighted by molar-refractivity contribution is 6.76. The van der Waals surface area contributed by atoms with Gasteiger partial charge in [-0.2, -0.15) is 5.10 Å². The molecule has 0 saturated carbocycles. The minimum Gasteiger partial charge on any atom is -0.478 e. The summed E-state index contributed by atoms with van der Waals surface area (Å²) in [6, 6.07) is 1.09. The van der Waals surface area contributed by atoms with Crippen molar-refractivity contribution in [2.75, 3.05) is 19.8 Å². The molecule has 2 rings (SSSR count). The van der Waals surface area contributed by atoms with Crippen LogP contribution in [0.15, 0.2) is 6.20 Å². The maximum absolute atomic E-state index is 11.2. The minimum absolute atomic E-state index is 0.101. The van der Waals surface area contributed by atoms with E-state index in [9.17, 15) is 9.90 Å². The number of carboxylic acids is 1. The molecule has 2 heterocycles. The largest absolute Gasteiger partial charge is 0.478 e. The van der Waals surface area contributed by atoms with Crippen molar-refractivity contribution in [1.82, 2.24) is 9.78 Å². The lowest BCUT2D eigenvalue weighted by Crippen LogP contribution is -2.27. The summed E-state index contributed by atoms with van der Waals surface area (Å²) in [5.41, 5.74) is 0.865. The van der Waals surface area contributed by atoms with E-state index in [1.165, 1.54) is 0 Å². The molecule has 0 amide bonds. The van der Waals surface area contributed by atoms with Crippen LogP contribution < -0.4 is 0 Å². The van der Waals surface area contributed by atoms with Gasteiger partial charge in [0.25, 0.3) is 0 Å². The molecule has 1 aliphatic rings. The van der Waals surface area contributed by atoms with Crippen LogP contribution >= 0.6 is 0 Å². The van der Waals surface area contributed by atoms with Gasteiger partial charge in [-0.25, -0.2) is 9.48 Å². The smallest absolute Gasteiger partial charge is 0.339 e. The fraction of sp³-hybridized carbons (Fsp3) is 0.692. The van der Waals surface area contributed by atoms with E-state index < -0.39 is 14.0 Å². The first-order valence-electron chi connectivity index (χ1n) is 6.83. The molecular formula is C13H22N2O4Si. The zero-order valence-corrected chi connectivity index (χ0v) is 13.3. The molecule has 1 aliphatic heterocycles. The number of carboxylic acid groups (broad SMARTS) is 1. The van der Waals surface area contributed by atoms with Crippen LogP contribution in [0.2, 0.25) is 25.7 Å². The summed E-state index contributed by atoms with van der Waals surface area (Å²) >= 11 is 0. The van der Waals surface area contributed by atoms with Gasteiger partial charge < -0.3 is 14.6 Å². The van der Waals surface area contributed by atoms with Crippen molar-refractivity contribution in [2.24, 2.45) is 0 Å². The van der Waals surface area contributed by atoms with E-state index in [1.54, 1.807) is 10.9 Å². The predicted octanol–water partition coefficient (Wildman–Crippen LogP) is 2.01. The highest BCUT2D eigenvalue weighted by atomic mass is 28.3. The van der Waals surface area contributed by atoms with Crippen molar-refractivity contribution in [1.29, 1.82) is 0 Å². The van der Waals surface area contributed by atoms with E-state index in [4.69, 9.17) is 9.47 Å². The average molecular weight is 298 g/mol. The number of hydrogen-bond donors (Lipinski definition) is 1. The number of carbonyl (C=O) groups is 1. The molecule has 0 spiro atoms. The second kappa shape index (κ2) is 6.07. The molecule has 112 valence electrons. The van der Waals surface area contributed by atoms with Crippen molar-refractivity contribution >= 4 is 14.0 Å². The zero-order chi connectivity index (χ0) is 14.8. The van der Waals surface area contributed by atoms with Gasteiger partial charge in [-0.1, -0.05) is 19.6 Å². The molecule has 0 aromatic carbocycles. The third-order valence-corrected chi connectivity index (χ3v) is 4.97. The summed E-state index contributed by atoms with van der Waals surface area (Å²) in [7, 11) is -1.10. The molecule has 1 aromatic heterocycles. The Morgan fingerprint density at radius 3 is 2.75 bits per heavy atom. The summed E-state index contributed by atoms with van der Waals surface area (Å²) in [5.74, 6) is -0.843. The fourth-order valence-corrected chi connectivity index (χ4v) is 2.66. The number of aromatic nitrogens is 2. The van der Waals surface area contributed by atoms with E-state index in [0.29, 0.717) is 32.2 Å². The van der Waals surface area contributed by atoms with Crippen LogP contribution in [0.3, 0.4) is 0 Å². The first-order chi connectivity index (χ1) is 9.37. The summed E-state index contributed by atoms with van der Waals surface area (Å²) in [4.78, 5) is 11.2. The fourth-order valence-electron chi connectivity index (χ4n) is 1.90. The van der Waals surface area contributed by atoms with Gasteiger partial charge in [0.1, 0.15) is 12.3 Å². The Kier molecular flexibility index (Phi) is 4.61. The predicted molar refractivity (Wildman–Crippen MR) is 76.9 cm³/mol. The molecule has 6 nitrogen and oxygen atoms in total. The van der Waals surface area contributed by atoms with Gasteiger partial charge >= 0.3 is 5.97 Å². The van der Waals surface area contributed by atoms with E-state index in [2.05, 4.69) is 24.7 Å². The van der Waals surface area contributed by atoms with Gasteiger partial charge in [0.2, 0.25) is 0 Å². The topological polar surface area (TPSA) is 73.6 Å². The lowest BCUT2D eigenvalue weighted by molar-refractivity contribution is 0.00528. The van der Waals surface area contributed by atoms with E-state index in [1.807, 2.05) is 0 Å². The highest BCUT2D eigenvalue weighted by Crippen LogP contribution is 2.25. The summed E-state index contributed by atoms with van der Waals surface area (Å²) in [5, 5.41) is 13.5. The van der Waals surface area contributed by atoms with E-state index in [-0.39, 0.29) is 11.5 Å². The average Bonchev–Trinajstić information content (AvgIpc) is 2.65. The molecule has 1 aromatic rings. The van der Waals surface area contributed by atoms with E-state index >= 15 is 0 Å². The van der Waals surface area contributed by atoms with Crippen LogP contribution in [-0.4, -0.2) is 48.8 Å². The lowest BCUT2D eigenvalue weighted by atomic mass is 10.0. The Morgan fingerprint density at radius 2 is 2.25 bits per heavy atom. The van der Waals surface area contributed by atoms with Crippen molar-refractivity contribution in [2.45, 2.75) is 38.3 Å². The number of nitrogens with zero attached hydrogens (tertiary/aromatic N) is 2. The Hall–Kier alpha value is -1.18. The number of aromatic carboxylic acids is 1. The maximum atomic E-state index is 11.2. The minimum atomic E-state index is -1.10. The van der Waals surface area contributed by atoms with Crippen LogP contribution in [0, 0.1) is 0 Å². The third kappa shape index (κ3) is 3.91. The molecule has 1 N–H and O–H groups in total. The van der Waals surface area contributed by atoms with Gasteiger partial charge in [-0.15, -0.1) is 0 Å². The first-order valence-corrected chi connectivity index (χ1v) is 10.5. The maximum Gasteiger partial charge on any atom is 0.339 e. The summed E-state index contributed by atoms with van der Waals surface area (Å²) < 4.78 is 12.3. The molecule has 0 atom stereocenters. The number of ether oxygens (including phenoxy) is 2. The van der Waals surface area contributed by atoms with Crippen LogP contribution in [0.25, 0.3) is 0 Å². The molecule has 1 saturated heterocycles. The monoisotopic (exact) mass is 298 g/mol. The van der Waals surface area contributed by atoms with Crippen LogP contribution in [-0.2, 0) is 16.2 Å². The Labute approximate surface area is 119 Å². The first kappa shape index (κ1) is 15.2. The van der Waals surface area contributed by atoms with Crippen molar-refractivity contribution < 1.29 is 19.4 Å². The van der Waals surface area contributed by atoms with Crippen molar-refractivity contribution in [3.63, 3.8) is 0 Å². The van der Waals surface area contributed by atoms with Crippen molar-refractivity contribution in [3.8, 4) is 0 Å². The normalized spacial score (nSPS) is 16.1. The van der Waals surface area contributed by atoms with Crippen LogP contribution in [0.1, 0.15) is 22.0 Å². The molecule has 0 bridgehead atoms. The molecular weight excluding hydrogens is 276 g/mol. The molecule has 0 radical (unpaired) electrons. The summed E-state index contributed by atoms with van der Waals surface area (Å²) in [6.07, 6.45) is 1.55. The zero-order valence-electron chi connectivity index (χ0n) is 12.3. The van der Waals surface area contributed by atoms with Gasteiger partial charge in [0.15, 0.2) is 0 Å². The Morgan fingerprint density at radius 1 is 1.55 bits per heavy atom. The third-order valence-electron chi connectivity index (χ3n) is 3.27. The van der Waals surface area contributed by atoms with Crippen LogP contribution in [0.5, 0.6) is 0 Å². The second-order valence-electron chi connectivity index (χ2n) is 6.36. The van der Waals surface area contributed by atoms with E-state index in [0.717, 1.165) is 6.04 Å². The quantitative estimate of drug-likeness (QED) is 0.615. The highest BCUT2D eigenvalue weighted by Gasteiger charge is 2.29. The molecule has 1 fully saturated rings. The Balaban J connectivity index is 1.93. The summed E-state index contributed by atoms with van der Waals surface area (Å²) in [6.45, 7) is 8.98. The number of rotatable bonds is 7. The second-order valence-corrected chi connectivity index (χ2v) is 12.0. The molecule has 20 heavy (non-hydrogen) atoms. The van der Waals surface area contributed by atoms with Crippen LogP contribution in [0.4, 0.5) is 0 Å². The molecule has 7 heteroatoms. The van der Waals surface area contributed by atoms with Crippen molar-refractivity contribution in [3.05, 3.63) is 17.5 Å². The standard InChI is InChI=1S/C13H22N2O4Si/c1-20(2,3)5-4-18-9-15-6-11(13(16)17)12(14-15)10-7-19-8-10/h6,10H,4-5,7-9H2,1-3H3,(H,16,17). The molecule has 0 unspecified atom stereocenters. The van der Waals surface area contributed by atoms with Gasteiger partial charge in [0.05, 0.1) is 24.8 Å². The molecule has 0 aliphatic carbocycles. The Bertz CT molecular complexity index is 477. The SMILES string of the molecule is C[Si](C)(C)CCOCn1cc(C(=O)O)c(C2COC2)n1. The van der Waals surface area contributed by atoms with Gasteiger partial charge in [-0.05, 0) is 6.04 Å². The number of hydrogen-bond acceptors (Lipinski definition) is 4. The van der Waals surface area contributed by atoms with Gasteiger partial charge in [-0.3, -0.25) is 0 Å². The lowest BCUT2D eigenvalue weighted by Gasteiger charge is -2.24.